The van der Waals surface area contributed by atoms with Crippen molar-refractivity contribution in [2.75, 3.05) is 36.8 Å². The third-order valence-electron chi connectivity index (χ3n) is 10.6. The summed E-state index contributed by atoms with van der Waals surface area (Å²) in [4.78, 5) is 75.6. The van der Waals surface area contributed by atoms with Gasteiger partial charge in [-0.3, -0.25) is 38.9 Å². The number of aryl methyl sites for hydroxylation is 1. The molecule has 55 heavy (non-hydrogen) atoms. The molecular formula is C38H39F2N9O6. The number of piperidine rings is 2. The number of imide groups is 2. The van der Waals surface area contributed by atoms with Gasteiger partial charge in [-0.1, -0.05) is 12.1 Å². The number of likely N-dealkylation sites (tertiary alicyclic amines) is 1. The molecule has 3 aliphatic heterocycles. The number of benzene rings is 1. The van der Waals surface area contributed by atoms with E-state index in [9.17, 15) is 32.8 Å². The highest BCUT2D eigenvalue weighted by Crippen LogP contribution is 2.33. The fourth-order valence-electron chi connectivity index (χ4n) is 7.47. The largest absolute Gasteiger partial charge is 0.444 e. The molecule has 4 aromatic rings. The Morgan fingerprint density at radius 2 is 1.85 bits per heavy atom. The van der Waals surface area contributed by atoms with E-state index in [4.69, 9.17) is 4.42 Å². The Kier molecular flexibility index (Phi) is 9.94. The molecule has 0 radical (unpaired) electrons. The number of alkyl halides is 2. The van der Waals surface area contributed by atoms with Crippen molar-refractivity contribution in [1.29, 1.82) is 0 Å². The van der Waals surface area contributed by atoms with Gasteiger partial charge in [0.2, 0.25) is 17.7 Å². The summed E-state index contributed by atoms with van der Waals surface area (Å²) in [6, 6.07) is 7.42. The average Bonchev–Trinajstić information content (AvgIpc) is 3.58. The molecule has 8 rings (SSSR count). The van der Waals surface area contributed by atoms with E-state index < -0.39 is 47.7 Å². The summed E-state index contributed by atoms with van der Waals surface area (Å²) in [6.07, 6.45) is 6.37. The molecule has 17 heteroatoms. The highest BCUT2D eigenvalue weighted by Gasteiger charge is 2.45. The van der Waals surface area contributed by atoms with Crippen LogP contribution >= 0.6 is 0 Å². The van der Waals surface area contributed by atoms with Crippen LogP contribution in [0.15, 0.2) is 53.4 Å². The number of pyridine rings is 1. The number of halogens is 2. The van der Waals surface area contributed by atoms with Crippen molar-refractivity contribution in [3.05, 3.63) is 77.1 Å². The quantitative estimate of drug-likeness (QED) is 0.162. The number of oxazole rings is 1. The standard InChI is InChI=1S/C38H39F2N9O6/c39-33(40)32-26(43-34(51)27-20-55-36(44-27)23-10-13-41-29(17-23)42-18-21-6-7-21)19-48(46-32)24-11-15-47(16-12-24)14-2-4-22-3-1-5-25-31(22)38(54)49(37(25)53)28-8-9-30(50)45-35(28)52/h1,3,5,10,13,17,19-21,24,28,33H,2,4,6-9,11-12,14-16,18H2,(H,41,42)(H,43,51)(H,45,50,52). The van der Waals surface area contributed by atoms with Crippen LogP contribution in [0.25, 0.3) is 11.5 Å². The van der Waals surface area contributed by atoms with Gasteiger partial charge in [0, 0.05) is 44.0 Å². The van der Waals surface area contributed by atoms with Crippen LogP contribution in [0, 0.1) is 5.92 Å². The van der Waals surface area contributed by atoms with E-state index in [-0.39, 0.29) is 41.7 Å². The topological polar surface area (TPSA) is 185 Å². The molecule has 1 aliphatic carbocycles. The van der Waals surface area contributed by atoms with Crippen molar-refractivity contribution in [1.82, 2.24) is 34.9 Å². The number of aromatic nitrogens is 4. The van der Waals surface area contributed by atoms with Crippen LogP contribution in [0.1, 0.15) is 99.9 Å². The van der Waals surface area contributed by atoms with Gasteiger partial charge in [0.05, 0.1) is 22.9 Å². The molecule has 0 bridgehead atoms. The minimum absolute atomic E-state index is 0.0523. The van der Waals surface area contributed by atoms with E-state index in [1.807, 2.05) is 6.07 Å². The average molecular weight is 756 g/mol. The number of rotatable bonds is 13. The molecule has 5 amide bonds. The number of carbonyl (C=O) groups excluding carboxylic acids is 5. The van der Waals surface area contributed by atoms with Gasteiger partial charge in [-0.15, -0.1) is 0 Å². The number of hydrogen-bond acceptors (Lipinski definition) is 11. The Balaban J connectivity index is 0.849. The zero-order chi connectivity index (χ0) is 38.2. The normalized spacial score (nSPS) is 19.3. The number of fused-ring (bicyclic) bond motifs is 1. The summed E-state index contributed by atoms with van der Waals surface area (Å²) >= 11 is 0. The summed E-state index contributed by atoms with van der Waals surface area (Å²) in [6.45, 7) is 2.89. The Hall–Kier alpha value is -5.84. The molecule has 6 heterocycles. The fraction of sp³-hybridized carbons (Fsp3) is 0.421. The summed E-state index contributed by atoms with van der Waals surface area (Å²) in [7, 11) is 0. The lowest BCUT2D eigenvalue weighted by Crippen LogP contribution is -2.54. The molecule has 3 N–H and O–H groups in total. The lowest BCUT2D eigenvalue weighted by molar-refractivity contribution is -0.136. The van der Waals surface area contributed by atoms with Crippen LogP contribution in [0.2, 0.25) is 0 Å². The Bertz CT molecular complexity index is 2160. The Labute approximate surface area is 313 Å². The van der Waals surface area contributed by atoms with Crippen LogP contribution in [-0.4, -0.2) is 91.3 Å². The zero-order valence-electron chi connectivity index (χ0n) is 29.8. The molecular weight excluding hydrogens is 716 g/mol. The van der Waals surface area contributed by atoms with Crippen molar-refractivity contribution in [3.63, 3.8) is 0 Å². The third-order valence-corrected chi connectivity index (χ3v) is 10.6. The van der Waals surface area contributed by atoms with Crippen molar-refractivity contribution in [3.8, 4) is 11.5 Å². The minimum atomic E-state index is -2.92. The molecule has 4 aliphatic rings. The van der Waals surface area contributed by atoms with Crippen LogP contribution in [0.3, 0.4) is 0 Å². The van der Waals surface area contributed by atoms with Gasteiger partial charge in [0.15, 0.2) is 11.4 Å². The number of nitrogens with one attached hydrogen (secondary N) is 3. The van der Waals surface area contributed by atoms with E-state index in [2.05, 4.69) is 35.9 Å². The molecule has 15 nitrogen and oxygen atoms in total. The predicted molar refractivity (Wildman–Crippen MR) is 192 cm³/mol. The molecule has 1 atom stereocenters. The van der Waals surface area contributed by atoms with E-state index in [0.717, 1.165) is 17.0 Å². The van der Waals surface area contributed by atoms with Crippen molar-refractivity contribution < 1.29 is 37.2 Å². The SMILES string of the molecule is O=C1CCC(N2C(=O)c3cccc(CCCN4CCC(n5cc(NC(=O)c6coc(-c7ccnc(NCC8CC8)c7)n6)c(C(F)F)n5)CC4)c3C2=O)C(=O)N1. The number of nitrogens with zero attached hydrogens (tertiary/aromatic N) is 6. The third kappa shape index (κ3) is 7.61. The highest BCUT2D eigenvalue weighted by molar-refractivity contribution is 6.24. The molecule has 1 saturated carbocycles. The van der Waals surface area contributed by atoms with Crippen molar-refractivity contribution >= 4 is 41.0 Å². The zero-order valence-corrected chi connectivity index (χ0v) is 29.8. The number of amides is 5. The first kappa shape index (κ1) is 36.2. The van der Waals surface area contributed by atoms with E-state index in [0.29, 0.717) is 68.2 Å². The molecule has 1 aromatic carbocycles. The first-order valence-corrected chi connectivity index (χ1v) is 18.5. The second kappa shape index (κ2) is 15.1. The van der Waals surface area contributed by atoms with Gasteiger partial charge in [-0.25, -0.2) is 18.7 Å². The Morgan fingerprint density at radius 3 is 2.62 bits per heavy atom. The summed E-state index contributed by atoms with van der Waals surface area (Å²) in [5, 5.41) is 12.2. The van der Waals surface area contributed by atoms with Gasteiger partial charge in [-0.05, 0) is 81.2 Å². The maximum absolute atomic E-state index is 14.1. The molecule has 286 valence electrons. The number of carbonyl (C=O) groups is 5. The minimum Gasteiger partial charge on any atom is -0.444 e. The monoisotopic (exact) mass is 755 g/mol. The van der Waals surface area contributed by atoms with Crippen molar-refractivity contribution in [2.24, 2.45) is 5.92 Å². The van der Waals surface area contributed by atoms with Gasteiger partial charge < -0.3 is 20.0 Å². The van der Waals surface area contributed by atoms with Crippen LogP contribution in [0.4, 0.5) is 20.3 Å². The number of hydrogen-bond donors (Lipinski definition) is 3. The Morgan fingerprint density at radius 1 is 1.04 bits per heavy atom. The van der Waals surface area contributed by atoms with Crippen LogP contribution < -0.4 is 16.0 Å². The molecule has 1 unspecified atom stereocenters. The number of anilines is 2. The molecule has 2 saturated heterocycles. The van der Waals surface area contributed by atoms with Gasteiger partial charge in [-0.2, -0.15) is 5.10 Å². The van der Waals surface area contributed by atoms with E-state index in [1.54, 1.807) is 30.5 Å². The van der Waals surface area contributed by atoms with Gasteiger partial charge >= 0.3 is 0 Å². The summed E-state index contributed by atoms with van der Waals surface area (Å²) < 4.78 is 35.3. The fourth-order valence-corrected chi connectivity index (χ4v) is 7.47. The molecule has 3 aromatic heterocycles. The van der Waals surface area contributed by atoms with Gasteiger partial charge in [0.25, 0.3) is 24.1 Å². The highest BCUT2D eigenvalue weighted by atomic mass is 19.3. The predicted octanol–water partition coefficient (Wildman–Crippen LogP) is 4.62. The lowest BCUT2D eigenvalue weighted by Gasteiger charge is -2.32. The van der Waals surface area contributed by atoms with E-state index in [1.165, 1.54) is 30.0 Å². The second-order valence-electron chi connectivity index (χ2n) is 14.4. The lowest BCUT2D eigenvalue weighted by atomic mass is 9.98. The van der Waals surface area contributed by atoms with Crippen molar-refractivity contribution in [2.45, 2.75) is 69.9 Å². The smallest absolute Gasteiger partial charge is 0.284 e. The molecule has 0 spiro atoms. The van der Waals surface area contributed by atoms with E-state index >= 15 is 0 Å². The summed E-state index contributed by atoms with van der Waals surface area (Å²) in [5.41, 5.74) is 1.21. The van der Waals surface area contributed by atoms with Gasteiger partial charge in [0.1, 0.15) is 18.1 Å². The second-order valence-corrected chi connectivity index (χ2v) is 14.4. The first-order valence-electron chi connectivity index (χ1n) is 18.5. The maximum atomic E-state index is 14.1. The molecule has 3 fully saturated rings. The maximum Gasteiger partial charge on any atom is 0.284 e. The summed E-state index contributed by atoms with van der Waals surface area (Å²) in [5.74, 6) is -1.31. The first-order chi connectivity index (χ1) is 26.6. The van der Waals surface area contributed by atoms with Crippen LogP contribution in [-0.2, 0) is 16.0 Å². The van der Waals surface area contributed by atoms with Crippen LogP contribution in [0.5, 0.6) is 0 Å².